The van der Waals surface area contributed by atoms with Crippen LogP contribution in [0.15, 0.2) is 22.8 Å². The number of nitrogens with zero attached hydrogens (tertiary/aromatic N) is 2. The lowest BCUT2D eigenvalue weighted by Crippen LogP contribution is -2.49. The van der Waals surface area contributed by atoms with Gasteiger partial charge >= 0.3 is 0 Å². The number of furan rings is 1. The number of likely N-dealkylation sites (tertiary alicyclic amines) is 1. The van der Waals surface area contributed by atoms with Gasteiger partial charge in [0.25, 0.3) is 5.91 Å². The Balaban J connectivity index is 1.87. The van der Waals surface area contributed by atoms with E-state index in [2.05, 4.69) is 5.32 Å². The Bertz CT molecular complexity index is 626. The molecule has 2 heterocycles. The van der Waals surface area contributed by atoms with Crippen LogP contribution in [0.1, 0.15) is 51.1 Å². The van der Waals surface area contributed by atoms with Crippen molar-refractivity contribution in [2.24, 2.45) is 5.92 Å². The van der Waals surface area contributed by atoms with Crippen molar-refractivity contribution < 1.29 is 18.8 Å². The molecular formula is C19H29N3O4. The quantitative estimate of drug-likeness (QED) is 0.866. The molecule has 1 aromatic rings. The third kappa shape index (κ3) is 5.34. The van der Waals surface area contributed by atoms with E-state index < -0.39 is 0 Å². The van der Waals surface area contributed by atoms with Gasteiger partial charge in [-0.1, -0.05) is 0 Å². The lowest BCUT2D eigenvalue weighted by atomic mass is 9.95. The van der Waals surface area contributed by atoms with E-state index in [0.717, 1.165) is 0 Å². The molecule has 7 heteroatoms. The van der Waals surface area contributed by atoms with Crippen LogP contribution in [0.5, 0.6) is 0 Å². The summed E-state index contributed by atoms with van der Waals surface area (Å²) in [5.74, 6) is -0.139. The molecule has 0 atom stereocenters. The van der Waals surface area contributed by atoms with Gasteiger partial charge in [-0.15, -0.1) is 0 Å². The van der Waals surface area contributed by atoms with E-state index in [-0.39, 0.29) is 35.7 Å². The van der Waals surface area contributed by atoms with Crippen LogP contribution in [0.25, 0.3) is 0 Å². The molecule has 0 unspecified atom stereocenters. The van der Waals surface area contributed by atoms with Gasteiger partial charge in [-0.2, -0.15) is 0 Å². The highest BCUT2D eigenvalue weighted by atomic mass is 16.3. The van der Waals surface area contributed by atoms with Crippen molar-refractivity contribution in [1.29, 1.82) is 0 Å². The van der Waals surface area contributed by atoms with Gasteiger partial charge in [0, 0.05) is 31.1 Å². The Kier molecular flexibility index (Phi) is 6.45. The van der Waals surface area contributed by atoms with Crippen LogP contribution in [0.2, 0.25) is 0 Å². The van der Waals surface area contributed by atoms with E-state index >= 15 is 0 Å². The Morgan fingerprint density at radius 3 is 2.42 bits per heavy atom. The van der Waals surface area contributed by atoms with Crippen LogP contribution in [0.3, 0.4) is 0 Å². The molecule has 0 aromatic carbocycles. The highest BCUT2D eigenvalue weighted by Crippen LogP contribution is 2.21. The average molecular weight is 363 g/mol. The fourth-order valence-corrected chi connectivity index (χ4v) is 3.12. The van der Waals surface area contributed by atoms with E-state index in [4.69, 9.17) is 4.42 Å². The largest absolute Gasteiger partial charge is 0.459 e. The summed E-state index contributed by atoms with van der Waals surface area (Å²) in [5, 5.41) is 2.88. The topological polar surface area (TPSA) is 82.9 Å². The van der Waals surface area contributed by atoms with Crippen LogP contribution >= 0.6 is 0 Å². The summed E-state index contributed by atoms with van der Waals surface area (Å²) < 4.78 is 5.15. The average Bonchev–Trinajstić information content (AvgIpc) is 3.11. The van der Waals surface area contributed by atoms with Crippen LogP contribution in [-0.2, 0) is 9.59 Å². The second-order valence-corrected chi connectivity index (χ2v) is 7.69. The lowest BCUT2D eigenvalue weighted by Gasteiger charge is -2.33. The Morgan fingerprint density at radius 2 is 1.92 bits per heavy atom. The third-order valence-corrected chi connectivity index (χ3v) is 4.41. The predicted octanol–water partition coefficient (Wildman–Crippen LogP) is 1.89. The van der Waals surface area contributed by atoms with Gasteiger partial charge in [-0.25, -0.2) is 0 Å². The van der Waals surface area contributed by atoms with Crippen molar-refractivity contribution in [2.45, 2.75) is 46.1 Å². The fraction of sp³-hybridized carbons (Fsp3) is 0.632. The second kappa shape index (κ2) is 8.38. The van der Waals surface area contributed by atoms with Gasteiger partial charge in [0.05, 0.1) is 12.8 Å². The highest BCUT2D eigenvalue weighted by Gasteiger charge is 2.31. The summed E-state index contributed by atoms with van der Waals surface area (Å²) in [4.78, 5) is 40.5. The van der Waals surface area contributed by atoms with E-state index in [0.29, 0.717) is 38.2 Å². The van der Waals surface area contributed by atoms with Crippen molar-refractivity contribution in [3.63, 3.8) is 0 Å². The first-order valence-corrected chi connectivity index (χ1v) is 9.14. The molecule has 1 saturated heterocycles. The number of hydrogen-bond donors (Lipinski definition) is 1. The number of carbonyl (C=O) groups is 3. The lowest BCUT2D eigenvalue weighted by molar-refractivity contribution is -0.140. The van der Waals surface area contributed by atoms with Crippen LogP contribution in [0.4, 0.5) is 0 Å². The molecule has 7 nitrogen and oxygen atoms in total. The minimum absolute atomic E-state index is 0.0124. The molecule has 1 N–H and O–H groups in total. The monoisotopic (exact) mass is 363 g/mol. The molecule has 0 radical (unpaired) electrons. The molecule has 0 saturated carbocycles. The van der Waals surface area contributed by atoms with Gasteiger partial charge in [0.2, 0.25) is 11.8 Å². The van der Waals surface area contributed by atoms with Crippen molar-refractivity contribution in [3.05, 3.63) is 24.2 Å². The van der Waals surface area contributed by atoms with Crippen LogP contribution < -0.4 is 5.32 Å². The molecule has 3 amide bonds. The summed E-state index contributed by atoms with van der Waals surface area (Å²) in [7, 11) is 0. The zero-order valence-corrected chi connectivity index (χ0v) is 16.1. The van der Waals surface area contributed by atoms with E-state index in [1.54, 1.807) is 21.9 Å². The van der Waals surface area contributed by atoms with E-state index in [1.807, 2.05) is 27.7 Å². The second-order valence-electron chi connectivity index (χ2n) is 7.69. The molecule has 0 spiro atoms. The van der Waals surface area contributed by atoms with Gasteiger partial charge in [0.1, 0.15) is 0 Å². The van der Waals surface area contributed by atoms with Crippen LogP contribution in [0, 0.1) is 5.92 Å². The maximum Gasteiger partial charge on any atom is 0.289 e. The molecule has 0 aliphatic carbocycles. The van der Waals surface area contributed by atoms with Crippen molar-refractivity contribution in [3.8, 4) is 0 Å². The first kappa shape index (κ1) is 20.0. The summed E-state index contributed by atoms with van der Waals surface area (Å²) in [6.07, 6.45) is 2.68. The number of carbonyl (C=O) groups excluding carboxylic acids is 3. The van der Waals surface area contributed by atoms with Gasteiger partial charge in [-0.05, 0) is 52.7 Å². The SMILES string of the molecule is CCN(CC(=O)NC(C)(C)C)C(=O)C1CCN(C(=O)c2ccco2)CC1. The number of piperidine rings is 1. The minimum Gasteiger partial charge on any atom is -0.459 e. The zero-order valence-electron chi connectivity index (χ0n) is 16.1. The normalized spacial score (nSPS) is 15.6. The molecule has 1 aliphatic heterocycles. The van der Waals surface area contributed by atoms with E-state index in [9.17, 15) is 14.4 Å². The Hall–Kier alpha value is -2.31. The Labute approximate surface area is 154 Å². The summed E-state index contributed by atoms with van der Waals surface area (Å²) in [5.41, 5.74) is -0.322. The van der Waals surface area contributed by atoms with Crippen molar-refractivity contribution >= 4 is 17.7 Å². The third-order valence-electron chi connectivity index (χ3n) is 4.41. The Morgan fingerprint density at radius 1 is 1.27 bits per heavy atom. The number of amides is 3. The van der Waals surface area contributed by atoms with E-state index in [1.165, 1.54) is 6.26 Å². The molecule has 1 aliphatic rings. The predicted molar refractivity (Wildman–Crippen MR) is 97.5 cm³/mol. The number of likely N-dealkylation sites (N-methyl/N-ethyl adjacent to an activating group) is 1. The first-order valence-electron chi connectivity index (χ1n) is 9.14. The van der Waals surface area contributed by atoms with Crippen molar-refractivity contribution in [2.75, 3.05) is 26.2 Å². The molecule has 26 heavy (non-hydrogen) atoms. The summed E-state index contributed by atoms with van der Waals surface area (Å²) >= 11 is 0. The highest BCUT2D eigenvalue weighted by molar-refractivity contribution is 5.92. The smallest absolute Gasteiger partial charge is 0.289 e. The van der Waals surface area contributed by atoms with Gasteiger partial charge in [-0.3, -0.25) is 14.4 Å². The maximum absolute atomic E-state index is 12.8. The van der Waals surface area contributed by atoms with Crippen molar-refractivity contribution in [1.82, 2.24) is 15.1 Å². The molecule has 2 rings (SSSR count). The molecule has 1 aromatic heterocycles. The zero-order chi connectivity index (χ0) is 19.3. The molecule has 144 valence electrons. The number of nitrogens with one attached hydrogen (secondary N) is 1. The fourth-order valence-electron chi connectivity index (χ4n) is 3.12. The number of rotatable bonds is 5. The molecular weight excluding hydrogens is 334 g/mol. The van der Waals surface area contributed by atoms with Crippen LogP contribution in [-0.4, -0.2) is 59.2 Å². The molecule has 0 bridgehead atoms. The van der Waals surface area contributed by atoms with Gasteiger partial charge < -0.3 is 19.5 Å². The standard InChI is InChI=1S/C19H29N3O4/c1-5-21(13-16(23)20-19(2,3)4)17(24)14-8-10-22(11-9-14)18(25)15-7-6-12-26-15/h6-7,12,14H,5,8-11,13H2,1-4H3,(H,20,23). The number of hydrogen-bond acceptors (Lipinski definition) is 4. The minimum atomic E-state index is -0.322. The first-order chi connectivity index (χ1) is 12.2. The maximum atomic E-state index is 12.8. The summed E-state index contributed by atoms with van der Waals surface area (Å²) in [6.45, 7) is 9.19. The molecule has 1 fully saturated rings. The van der Waals surface area contributed by atoms with Gasteiger partial charge in [0.15, 0.2) is 5.76 Å². The summed E-state index contributed by atoms with van der Waals surface area (Å²) in [6, 6.07) is 3.33.